The van der Waals surface area contributed by atoms with Crippen molar-refractivity contribution in [2.75, 3.05) is 33.8 Å². The maximum atomic E-state index is 13.6. The van der Waals surface area contributed by atoms with Crippen molar-refractivity contribution in [2.24, 2.45) is 5.41 Å². The van der Waals surface area contributed by atoms with Crippen LogP contribution in [0.1, 0.15) is 18.9 Å². The molecule has 1 heterocycles. The molecule has 1 fully saturated rings. The lowest BCUT2D eigenvalue weighted by molar-refractivity contribution is 0.265. The fourth-order valence-corrected chi connectivity index (χ4v) is 2.90. The number of methoxy groups -OCH3 is 1. The van der Waals surface area contributed by atoms with Crippen LogP contribution in [0.25, 0.3) is 0 Å². The highest BCUT2D eigenvalue weighted by Gasteiger charge is 2.32. The van der Waals surface area contributed by atoms with E-state index in [4.69, 9.17) is 4.74 Å². The quantitative estimate of drug-likeness (QED) is 0.885. The van der Waals surface area contributed by atoms with E-state index >= 15 is 0 Å². The largest absolute Gasteiger partial charge is 0.494 e. The molecule has 1 saturated heterocycles. The number of nitrogens with zero attached hydrogens (tertiary/aromatic N) is 1. The lowest BCUT2D eigenvalue weighted by atomic mass is 9.90. The monoisotopic (exact) mass is 266 g/mol. The molecule has 1 aromatic rings. The summed E-state index contributed by atoms with van der Waals surface area (Å²) in [5, 5.41) is 3.26. The molecule has 4 heteroatoms. The minimum absolute atomic E-state index is 0.280. The summed E-state index contributed by atoms with van der Waals surface area (Å²) >= 11 is 0. The predicted molar refractivity (Wildman–Crippen MR) is 74.9 cm³/mol. The summed E-state index contributed by atoms with van der Waals surface area (Å²) in [5.41, 5.74) is 1.34. The molecule has 1 unspecified atom stereocenters. The molecule has 0 aliphatic carbocycles. The lowest BCUT2D eigenvalue weighted by Crippen LogP contribution is -2.32. The molecule has 1 aromatic carbocycles. The van der Waals surface area contributed by atoms with Crippen LogP contribution in [0.5, 0.6) is 5.75 Å². The molecule has 19 heavy (non-hydrogen) atoms. The standard InChI is InChI=1S/C15H23FN2O/c1-15(10-17-2)6-7-18(11-15)9-12-4-5-14(19-3)13(16)8-12/h4-5,8,17H,6-7,9-11H2,1-3H3. The van der Waals surface area contributed by atoms with Gasteiger partial charge in [0.2, 0.25) is 0 Å². The van der Waals surface area contributed by atoms with Gasteiger partial charge in [-0.25, -0.2) is 4.39 Å². The third-order valence-corrected chi connectivity index (χ3v) is 3.86. The average Bonchev–Trinajstić information content (AvgIpc) is 2.71. The zero-order valence-corrected chi connectivity index (χ0v) is 12.0. The van der Waals surface area contributed by atoms with Crippen molar-refractivity contribution in [1.82, 2.24) is 10.2 Å². The van der Waals surface area contributed by atoms with Crippen LogP contribution in [-0.4, -0.2) is 38.7 Å². The summed E-state index contributed by atoms with van der Waals surface area (Å²) in [5.74, 6) is 0.0300. The van der Waals surface area contributed by atoms with Gasteiger partial charge in [0.25, 0.3) is 0 Å². The zero-order chi connectivity index (χ0) is 13.9. The van der Waals surface area contributed by atoms with Gasteiger partial charge in [0.15, 0.2) is 11.6 Å². The van der Waals surface area contributed by atoms with Crippen molar-refractivity contribution in [1.29, 1.82) is 0 Å². The second kappa shape index (κ2) is 5.88. The molecule has 0 aromatic heterocycles. The van der Waals surface area contributed by atoms with E-state index in [1.807, 2.05) is 13.1 Å². The molecule has 2 rings (SSSR count). The summed E-state index contributed by atoms with van der Waals surface area (Å²) in [6.07, 6.45) is 1.19. The zero-order valence-electron chi connectivity index (χ0n) is 12.0. The maximum absolute atomic E-state index is 13.6. The number of likely N-dealkylation sites (tertiary alicyclic amines) is 1. The minimum Gasteiger partial charge on any atom is -0.494 e. The normalized spacial score (nSPS) is 23.8. The molecule has 106 valence electrons. The Morgan fingerprint density at radius 3 is 2.89 bits per heavy atom. The van der Waals surface area contributed by atoms with E-state index in [-0.39, 0.29) is 5.82 Å². The lowest BCUT2D eigenvalue weighted by Gasteiger charge is -2.24. The Bertz CT molecular complexity index is 438. The number of rotatable bonds is 5. The van der Waals surface area contributed by atoms with Crippen molar-refractivity contribution in [3.63, 3.8) is 0 Å². The van der Waals surface area contributed by atoms with Crippen LogP contribution in [0.4, 0.5) is 4.39 Å². The molecule has 1 atom stereocenters. The van der Waals surface area contributed by atoms with Gasteiger partial charge in [0.1, 0.15) is 0 Å². The average molecular weight is 266 g/mol. The van der Waals surface area contributed by atoms with Crippen LogP contribution >= 0.6 is 0 Å². The van der Waals surface area contributed by atoms with Crippen molar-refractivity contribution >= 4 is 0 Å². The Kier molecular flexibility index (Phi) is 4.42. The first-order chi connectivity index (χ1) is 9.06. The molecular formula is C15H23FN2O. The van der Waals surface area contributed by atoms with Crippen molar-refractivity contribution < 1.29 is 9.13 Å². The SMILES string of the molecule is CNCC1(C)CCN(Cc2ccc(OC)c(F)c2)C1. The summed E-state index contributed by atoms with van der Waals surface area (Å²) in [4.78, 5) is 2.39. The summed E-state index contributed by atoms with van der Waals surface area (Å²) in [7, 11) is 3.48. The third-order valence-electron chi connectivity index (χ3n) is 3.86. The van der Waals surface area contributed by atoms with Crippen molar-refractivity contribution in [3.05, 3.63) is 29.6 Å². The van der Waals surface area contributed by atoms with Crippen molar-refractivity contribution in [3.8, 4) is 5.75 Å². The van der Waals surface area contributed by atoms with Gasteiger partial charge in [-0.15, -0.1) is 0 Å². The van der Waals surface area contributed by atoms with Gasteiger partial charge in [0, 0.05) is 19.6 Å². The summed E-state index contributed by atoms with van der Waals surface area (Å²) in [6.45, 7) is 6.27. The Hall–Kier alpha value is -1.13. The van der Waals surface area contributed by atoms with Crippen LogP contribution in [0.3, 0.4) is 0 Å². The molecule has 1 N–H and O–H groups in total. The molecular weight excluding hydrogens is 243 g/mol. The van der Waals surface area contributed by atoms with Crippen LogP contribution in [0.15, 0.2) is 18.2 Å². The Labute approximate surface area is 114 Å². The van der Waals surface area contributed by atoms with Gasteiger partial charge in [0.05, 0.1) is 7.11 Å². The molecule has 1 aliphatic heterocycles. The highest BCUT2D eigenvalue weighted by molar-refractivity contribution is 5.29. The van der Waals surface area contributed by atoms with Crippen LogP contribution < -0.4 is 10.1 Å². The van der Waals surface area contributed by atoms with Gasteiger partial charge in [-0.1, -0.05) is 13.0 Å². The second-order valence-corrected chi connectivity index (χ2v) is 5.77. The number of benzene rings is 1. The Morgan fingerprint density at radius 1 is 1.47 bits per heavy atom. The highest BCUT2D eigenvalue weighted by Crippen LogP contribution is 2.30. The van der Waals surface area contributed by atoms with Gasteiger partial charge in [-0.05, 0) is 43.1 Å². The molecule has 0 amide bonds. The van der Waals surface area contributed by atoms with E-state index in [0.717, 1.165) is 31.7 Å². The third kappa shape index (κ3) is 3.45. The van der Waals surface area contributed by atoms with Gasteiger partial charge >= 0.3 is 0 Å². The first-order valence-electron chi connectivity index (χ1n) is 6.76. The molecule has 1 aliphatic rings. The summed E-state index contributed by atoms with van der Waals surface area (Å²) in [6, 6.07) is 5.22. The topological polar surface area (TPSA) is 24.5 Å². The first-order valence-corrected chi connectivity index (χ1v) is 6.76. The molecule has 0 saturated carbocycles. The van der Waals surface area contributed by atoms with E-state index < -0.39 is 0 Å². The fourth-order valence-electron chi connectivity index (χ4n) is 2.90. The fraction of sp³-hybridized carbons (Fsp3) is 0.600. The molecule has 0 spiro atoms. The van der Waals surface area contributed by atoms with E-state index in [1.165, 1.54) is 13.5 Å². The van der Waals surface area contributed by atoms with Gasteiger partial charge < -0.3 is 10.1 Å². The number of hydrogen-bond acceptors (Lipinski definition) is 3. The smallest absolute Gasteiger partial charge is 0.165 e. The van der Waals surface area contributed by atoms with E-state index in [0.29, 0.717) is 11.2 Å². The minimum atomic E-state index is -0.280. The highest BCUT2D eigenvalue weighted by atomic mass is 19.1. The van der Waals surface area contributed by atoms with E-state index in [9.17, 15) is 4.39 Å². The number of halogens is 1. The van der Waals surface area contributed by atoms with Crippen LogP contribution in [0.2, 0.25) is 0 Å². The number of nitrogens with one attached hydrogen (secondary N) is 1. The molecule has 3 nitrogen and oxygen atoms in total. The van der Waals surface area contributed by atoms with Crippen molar-refractivity contribution in [2.45, 2.75) is 19.9 Å². The Balaban J connectivity index is 1.97. The van der Waals surface area contributed by atoms with E-state index in [1.54, 1.807) is 12.1 Å². The molecule has 0 radical (unpaired) electrons. The van der Waals surface area contributed by atoms with Crippen LogP contribution in [0, 0.1) is 11.2 Å². The summed E-state index contributed by atoms with van der Waals surface area (Å²) < 4.78 is 18.6. The Morgan fingerprint density at radius 2 is 2.26 bits per heavy atom. The predicted octanol–water partition coefficient (Wildman–Crippen LogP) is 2.27. The maximum Gasteiger partial charge on any atom is 0.165 e. The first kappa shape index (κ1) is 14.3. The van der Waals surface area contributed by atoms with Crippen LogP contribution in [-0.2, 0) is 6.54 Å². The van der Waals surface area contributed by atoms with E-state index in [2.05, 4.69) is 17.1 Å². The van der Waals surface area contributed by atoms with Gasteiger partial charge in [-0.2, -0.15) is 0 Å². The molecule has 0 bridgehead atoms. The van der Waals surface area contributed by atoms with Gasteiger partial charge in [-0.3, -0.25) is 4.90 Å². The number of ether oxygens (including phenoxy) is 1. The number of hydrogen-bond donors (Lipinski definition) is 1. The second-order valence-electron chi connectivity index (χ2n) is 5.77.